The summed E-state index contributed by atoms with van der Waals surface area (Å²) < 4.78 is 0.463. The quantitative estimate of drug-likeness (QED) is 0.204. The summed E-state index contributed by atoms with van der Waals surface area (Å²) in [6.45, 7) is 1.82. The molecule has 4 nitrogen and oxygen atoms in total. The van der Waals surface area contributed by atoms with Crippen LogP contribution in [0.3, 0.4) is 0 Å². The third kappa shape index (κ3) is 3.06. The van der Waals surface area contributed by atoms with Gasteiger partial charge >= 0.3 is 0 Å². The second-order valence-electron chi connectivity index (χ2n) is 3.76. The van der Waals surface area contributed by atoms with Crippen LogP contribution in [0.1, 0.15) is 25.7 Å². The van der Waals surface area contributed by atoms with Crippen molar-refractivity contribution in [2.24, 2.45) is 10.9 Å². The van der Waals surface area contributed by atoms with Crippen LogP contribution in [-0.4, -0.2) is 35.1 Å². The number of nitrogens with one attached hydrogen (secondary N) is 1. The average molecular weight is 217 g/mol. The zero-order chi connectivity index (χ0) is 10.4. The van der Waals surface area contributed by atoms with Crippen molar-refractivity contribution in [3.63, 3.8) is 0 Å². The third-order valence-electron chi connectivity index (χ3n) is 2.83. The van der Waals surface area contributed by atoms with Crippen molar-refractivity contribution in [1.29, 1.82) is 0 Å². The van der Waals surface area contributed by atoms with Crippen LogP contribution in [-0.2, 0) is 0 Å². The first kappa shape index (κ1) is 11.7. The van der Waals surface area contributed by atoms with Gasteiger partial charge in [0.15, 0.2) is 0 Å². The molecule has 82 valence electrons. The van der Waals surface area contributed by atoms with Gasteiger partial charge in [0.2, 0.25) is 0 Å². The number of oxime groups is 1. The molecule has 1 saturated carbocycles. The van der Waals surface area contributed by atoms with E-state index in [1.165, 1.54) is 19.3 Å². The predicted molar refractivity (Wildman–Crippen MR) is 61.0 cm³/mol. The second kappa shape index (κ2) is 5.46. The number of hydrogen-bond donors (Lipinski definition) is 3. The van der Waals surface area contributed by atoms with Crippen molar-refractivity contribution in [2.75, 3.05) is 19.3 Å². The minimum atomic E-state index is 0.296. The Morgan fingerprint density at radius 1 is 1.64 bits per heavy atom. The van der Waals surface area contributed by atoms with E-state index in [1.807, 2.05) is 11.8 Å². The highest BCUT2D eigenvalue weighted by atomic mass is 32.2. The average Bonchev–Trinajstić information content (AvgIpc) is 2.15. The minimum Gasteiger partial charge on any atom is -0.409 e. The van der Waals surface area contributed by atoms with Crippen LogP contribution in [0, 0.1) is 0 Å². The van der Waals surface area contributed by atoms with Crippen molar-refractivity contribution < 1.29 is 5.21 Å². The standard InChI is InChI=1S/C9H19N3OS/c1-14-9(4-2-5-9)7-11-6-3-8(10)12-13/h11,13H,2-7H2,1H3,(H2,10,12). The smallest absolute Gasteiger partial charge is 0.140 e. The normalized spacial score (nSPS) is 20.5. The zero-order valence-electron chi connectivity index (χ0n) is 8.62. The van der Waals surface area contributed by atoms with Crippen LogP contribution in [0.5, 0.6) is 0 Å². The summed E-state index contributed by atoms with van der Waals surface area (Å²) in [5, 5.41) is 14.6. The van der Waals surface area contributed by atoms with E-state index < -0.39 is 0 Å². The van der Waals surface area contributed by atoms with Gasteiger partial charge < -0.3 is 16.3 Å². The molecule has 0 aliphatic heterocycles. The monoisotopic (exact) mass is 217 g/mol. The fourth-order valence-corrected chi connectivity index (χ4v) is 2.55. The molecule has 0 unspecified atom stereocenters. The lowest BCUT2D eigenvalue weighted by Gasteiger charge is -2.40. The Balaban J connectivity index is 2.08. The molecule has 14 heavy (non-hydrogen) atoms. The van der Waals surface area contributed by atoms with Gasteiger partial charge in [-0.15, -0.1) is 0 Å². The molecule has 0 heterocycles. The molecule has 4 N–H and O–H groups in total. The van der Waals surface area contributed by atoms with Gasteiger partial charge in [-0.1, -0.05) is 11.6 Å². The third-order valence-corrected chi connectivity index (χ3v) is 4.25. The topological polar surface area (TPSA) is 70.6 Å². The molecule has 1 rings (SSSR count). The number of amidine groups is 1. The first-order valence-electron chi connectivity index (χ1n) is 4.95. The number of hydrogen-bond acceptors (Lipinski definition) is 4. The summed E-state index contributed by atoms with van der Waals surface area (Å²) in [6.07, 6.45) is 6.75. The van der Waals surface area contributed by atoms with Crippen LogP contribution in [0.2, 0.25) is 0 Å². The lowest BCUT2D eigenvalue weighted by Crippen LogP contribution is -2.43. The fraction of sp³-hybridized carbons (Fsp3) is 0.889. The van der Waals surface area contributed by atoms with Gasteiger partial charge in [-0.25, -0.2) is 0 Å². The lowest BCUT2D eigenvalue weighted by atomic mass is 9.84. The number of nitrogens with zero attached hydrogens (tertiary/aromatic N) is 1. The molecule has 0 bridgehead atoms. The Morgan fingerprint density at radius 3 is 2.79 bits per heavy atom. The van der Waals surface area contributed by atoms with E-state index in [0.717, 1.165) is 13.1 Å². The SMILES string of the molecule is CSC1(CNCCC(N)=NO)CCC1. The van der Waals surface area contributed by atoms with Crippen LogP contribution < -0.4 is 11.1 Å². The largest absolute Gasteiger partial charge is 0.409 e. The van der Waals surface area contributed by atoms with Gasteiger partial charge in [0, 0.05) is 24.3 Å². The van der Waals surface area contributed by atoms with Gasteiger partial charge in [-0.05, 0) is 19.1 Å². The van der Waals surface area contributed by atoms with Crippen LogP contribution in [0.25, 0.3) is 0 Å². The maximum absolute atomic E-state index is 8.33. The van der Waals surface area contributed by atoms with E-state index in [4.69, 9.17) is 10.9 Å². The van der Waals surface area contributed by atoms with Gasteiger partial charge in [-0.3, -0.25) is 0 Å². The van der Waals surface area contributed by atoms with E-state index in [-0.39, 0.29) is 0 Å². The van der Waals surface area contributed by atoms with E-state index in [1.54, 1.807) is 0 Å². The molecule has 5 heteroatoms. The van der Waals surface area contributed by atoms with Crippen molar-refractivity contribution in [3.05, 3.63) is 0 Å². The molecule has 0 atom stereocenters. The fourth-order valence-electron chi connectivity index (χ4n) is 1.61. The minimum absolute atomic E-state index is 0.296. The second-order valence-corrected chi connectivity index (χ2v) is 5.03. The molecule has 0 saturated heterocycles. The molecular formula is C9H19N3OS. The summed E-state index contributed by atoms with van der Waals surface area (Å²) in [7, 11) is 0. The number of rotatable bonds is 6. The highest BCUT2D eigenvalue weighted by Gasteiger charge is 2.35. The maximum atomic E-state index is 8.33. The van der Waals surface area contributed by atoms with E-state index >= 15 is 0 Å². The Bertz CT molecular complexity index is 199. The lowest BCUT2D eigenvalue weighted by molar-refractivity contribution is 0.316. The number of thioether (sulfide) groups is 1. The maximum Gasteiger partial charge on any atom is 0.140 e. The first-order chi connectivity index (χ1) is 6.72. The van der Waals surface area contributed by atoms with Crippen molar-refractivity contribution >= 4 is 17.6 Å². The van der Waals surface area contributed by atoms with Crippen molar-refractivity contribution in [3.8, 4) is 0 Å². The summed E-state index contributed by atoms with van der Waals surface area (Å²) >= 11 is 1.95. The van der Waals surface area contributed by atoms with Crippen LogP contribution in [0.4, 0.5) is 0 Å². The molecule has 1 aliphatic rings. The van der Waals surface area contributed by atoms with E-state index in [2.05, 4.69) is 16.7 Å². The first-order valence-corrected chi connectivity index (χ1v) is 6.17. The van der Waals surface area contributed by atoms with Gasteiger partial charge in [0.25, 0.3) is 0 Å². The zero-order valence-corrected chi connectivity index (χ0v) is 9.44. The summed E-state index contributed by atoms with van der Waals surface area (Å²) in [4.78, 5) is 0. The molecule has 0 aromatic heterocycles. The molecule has 0 spiro atoms. The van der Waals surface area contributed by atoms with Crippen LogP contribution >= 0.6 is 11.8 Å². The Labute approximate surface area is 89.3 Å². The van der Waals surface area contributed by atoms with Gasteiger partial charge in [0.05, 0.1) is 0 Å². The molecule has 1 fully saturated rings. The highest BCUT2D eigenvalue weighted by Crippen LogP contribution is 2.42. The Morgan fingerprint density at radius 2 is 2.36 bits per heavy atom. The number of nitrogens with two attached hydrogens (primary N) is 1. The Kier molecular flexibility index (Phi) is 4.54. The molecule has 1 aliphatic carbocycles. The van der Waals surface area contributed by atoms with Gasteiger partial charge in [-0.2, -0.15) is 11.8 Å². The molecule has 0 aromatic rings. The van der Waals surface area contributed by atoms with Gasteiger partial charge in [0.1, 0.15) is 5.84 Å². The molecular weight excluding hydrogens is 198 g/mol. The summed E-state index contributed by atoms with van der Waals surface area (Å²) in [5.41, 5.74) is 5.36. The molecule has 0 radical (unpaired) electrons. The summed E-state index contributed by atoms with van der Waals surface area (Å²) in [5.74, 6) is 0.296. The van der Waals surface area contributed by atoms with Crippen LogP contribution in [0.15, 0.2) is 5.16 Å². The molecule has 0 amide bonds. The summed E-state index contributed by atoms with van der Waals surface area (Å²) in [6, 6.07) is 0. The Hall–Kier alpha value is -0.420. The predicted octanol–water partition coefficient (Wildman–Crippen LogP) is 0.998. The van der Waals surface area contributed by atoms with Crippen molar-refractivity contribution in [2.45, 2.75) is 30.4 Å². The van der Waals surface area contributed by atoms with Crippen molar-refractivity contribution in [1.82, 2.24) is 5.32 Å². The molecule has 0 aromatic carbocycles. The van der Waals surface area contributed by atoms with E-state index in [9.17, 15) is 0 Å². The highest BCUT2D eigenvalue weighted by molar-refractivity contribution is 8.00. The van der Waals surface area contributed by atoms with E-state index in [0.29, 0.717) is 17.0 Å².